The molecule has 0 aromatic heterocycles. The third-order valence-corrected chi connectivity index (χ3v) is 6.05. The first-order valence-electron chi connectivity index (χ1n) is 11.9. The Labute approximate surface area is 210 Å². The Balaban J connectivity index is 1.53. The van der Waals surface area contributed by atoms with Gasteiger partial charge in [0.15, 0.2) is 5.54 Å². The number of ether oxygens (including phenoxy) is 2. The van der Waals surface area contributed by atoms with E-state index in [2.05, 4.69) is 10.9 Å². The molecule has 0 saturated heterocycles. The van der Waals surface area contributed by atoms with Gasteiger partial charge in [0, 0.05) is 31.6 Å². The first kappa shape index (κ1) is 25.3. The standard InChI is InChI=1S/C28H30FN3O4/c1-20-28(18-21-6-3-2-4-7-21,27(34)32-30-19-22-8-12-24(29)13-9-22)31-26(36-20)23-10-14-25(15-11-23)35-17-5-16-33/h2-4,6-15,20,30,33H,5,16-19H2,1H3,(H,32,34)/t20-,28-/m0/s1. The number of aliphatic hydroxyl groups is 1. The van der Waals surface area contributed by atoms with Gasteiger partial charge in [-0.05, 0) is 54.4 Å². The number of rotatable bonds is 11. The van der Waals surface area contributed by atoms with Gasteiger partial charge in [0.25, 0.3) is 5.91 Å². The van der Waals surface area contributed by atoms with Crippen molar-refractivity contribution in [3.05, 3.63) is 101 Å². The average Bonchev–Trinajstić information content (AvgIpc) is 3.23. The molecule has 3 aromatic rings. The Morgan fingerprint density at radius 2 is 1.78 bits per heavy atom. The van der Waals surface area contributed by atoms with Crippen molar-refractivity contribution in [3.63, 3.8) is 0 Å². The summed E-state index contributed by atoms with van der Waals surface area (Å²) in [6.45, 7) is 2.67. The summed E-state index contributed by atoms with van der Waals surface area (Å²) in [4.78, 5) is 18.4. The van der Waals surface area contributed by atoms with Crippen LogP contribution in [0.4, 0.5) is 4.39 Å². The zero-order valence-electron chi connectivity index (χ0n) is 20.1. The SMILES string of the molecule is C[C@@H]1OC(c2ccc(OCCCO)cc2)=N[C@]1(Cc1ccccc1)C(=O)NNCc1ccc(F)cc1. The molecule has 0 bridgehead atoms. The second-order valence-corrected chi connectivity index (χ2v) is 8.65. The van der Waals surface area contributed by atoms with E-state index in [1.54, 1.807) is 12.1 Å². The minimum atomic E-state index is -1.19. The number of hydrazine groups is 1. The van der Waals surface area contributed by atoms with E-state index < -0.39 is 11.6 Å². The predicted molar refractivity (Wildman–Crippen MR) is 135 cm³/mol. The van der Waals surface area contributed by atoms with Crippen LogP contribution in [0.3, 0.4) is 0 Å². The number of aliphatic imine (C=N–C) groups is 1. The number of nitrogens with one attached hydrogen (secondary N) is 2. The summed E-state index contributed by atoms with van der Waals surface area (Å²) in [6, 6.07) is 23.0. The molecular weight excluding hydrogens is 461 g/mol. The molecule has 8 heteroatoms. The summed E-state index contributed by atoms with van der Waals surface area (Å²) >= 11 is 0. The summed E-state index contributed by atoms with van der Waals surface area (Å²) in [5, 5.41) is 8.92. The van der Waals surface area contributed by atoms with Crippen LogP contribution in [0.15, 0.2) is 83.9 Å². The van der Waals surface area contributed by atoms with Crippen LogP contribution in [-0.2, 0) is 22.5 Å². The van der Waals surface area contributed by atoms with Crippen LogP contribution in [0.2, 0.25) is 0 Å². The van der Waals surface area contributed by atoms with Crippen LogP contribution < -0.4 is 15.6 Å². The van der Waals surface area contributed by atoms with Gasteiger partial charge in [-0.3, -0.25) is 10.2 Å². The fraction of sp³-hybridized carbons (Fsp3) is 0.286. The summed E-state index contributed by atoms with van der Waals surface area (Å²) < 4.78 is 24.9. The fourth-order valence-corrected chi connectivity index (χ4v) is 3.99. The van der Waals surface area contributed by atoms with Crippen LogP contribution in [-0.4, -0.2) is 41.8 Å². The minimum absolute atomic E-state index is 0.0743. The summed E-state index contributed by atoms with van der Waals surface area (Å²) in [6.07, 6.45) is 0.382. The maximum absolute atomic E-state index is 13.5. The van der Waals surface area contributed by atoms with E-state index in [0.717, 1.165) is 16.7 Å². The largest absolute Gasteiger partial charge is 0.494 e. The molecule has 1 aliphatic rings. The Hall–Kier alpha value is -3.75. The van der Waals surface area contributed by atoms with Gasteiger partial charge in [0.2, 0.25) is 5.90 Å². The number of nitrogens with zero attached hydrogens (tertiary/aromatic N) is 1. The molecule has 0 aliphatic carbocycles. The molecule has 0 spiro atoms. The summed E-state index contributed by atoms with van der Waals surface area (Å²) in [5.41, 5.74) is 7.04. The monoisotopic (exact) mass is 491 g/mol. The molecule has 36 heavy (non-hydrogen) atoms. The molecule has 7 nitrogen and oxygen atoms in total. The normalized spacial score (nSPS) is 18.9. The predicted octanol–water partition coefficient (Wildman–Crippen LogP) is 3.55. The maximum Gasteiger partial charge on any atom is 0.266 e. The second-order valence-electron chi connectivity index (χ2n) is 8.65. The highest BCUT2D eigenvalue weighted by Crippen LogP contribution is 2.32. The molecule has 1 aliphatic heterocycles. The molecule has 1 heterocycles. The van der Waals surface area contributed by atoms with Gasteiger partial charge in [-0.1, -0.05) is 42.5 Å². The van der Waals surface area contributed by atoms with Gasteiger partial charge < -0.3 is 14.6 Å². The van der Waals surface area contributed by atoms with Gasteiger partial charge in [-0.25, -0.2) is 14.8 Å². The van der Waals surface area contributed by atoms with E-state index in [9.17, 15) is 9.18 Å². The average molecular weight is 492 g/mol. The van der Waals surface area contributed by atoms with Crippen LogP contribution in [0.5, 0.6) is 5.75 Å². The molecule has 2 atom stereocenters. The van der Waals surface area contributed by atoms with Crippen molar-refractivity contribution < 1.29 is 23.8 Å². The molecule has 0 saturated carbocycles. The fourth-order valence-electron chi connectivity index (χ4n) is 3.99. The second kappa shape index (κ2) is 11.8. The van der Waals surface area contributed by atoms with Crippen LogP contribution >= 0.6 is 0 Å². The van der Waals surface area contributed by atoms with E-state index in [4.69, 9.17) is 19.6 Å². The van der Waals surface area contributed by atoms with Crippen molar-refractivity contribution in [2.45, 2.75) is 38.0 Å². The number of halogens is 1. The Kier molecular flexibility index (Phi) is 8.30. The van der Waals surface area contributed by atoms with Crippen LogP contribution in [0, 0.1) is 5.82 Å². The number of hydrogen-bond acceptors (Lipinski definition) is 6. The molecule has 1 amide bonds. The van der Waals surface area contributed by atoms with Crippen molar-refractivity contribution in [1.82, 2.24) is 10.9 Å². The third-order valence-electron chi connectivity index (χ3n) is 6.05. The molecule has 0 unspecified atom stereocenters. The third kappa shape index (κ3) is 6.08. The van der Waals surface area contributed by atoms with Gasteiger partial charge in [0.1, 0.15) is 17.7 Å². The summed E-state index contributed by atoms with van der Waals surface area (Å²) in [5.74, 6) is 0.430. The summed E-state index contributed by atoms with van der Waals surface area (Å²) in [7, 11) is 0. The first-order chi connectivity index (χ1) is 17.5. The quantitative estimate of drug-likeness (QED) is 0.282. The van der Waals surface area contributed by atoms with E-state index >= 15 is 0 Å². The zero-order valence-corrected chi connectivity index (χ0v) is 20.1. The minimum Gasteiger partial charge on any atom is -0.494 e. The number of amides is 1. The van der Waals surface area contributed by atoms with Crippen molar-refractivity contribution >= 4 is 11.8 Å². The van der Waals surface area contributed by atoms with Crippen molar-refractivity contribution in [2.75, 3.05) is 13.2 Å². The van der Waals surface area contributed by atoms with Gasteiger partial charge >= 0.3 is 0 Å². The first-order valence-corrected chi connectivity index (χ1v) is 11.9. The van der Waals surface area contributed by atoms with Crippen molar-refractivity contribution in [3.8, 4) is 5.75 Å². The highest BCUT2D eigenvalue weighted by atomic mass is 19.1. The number of hydrogen-bond donors (Lipinski definition) is 3. The molecular formula is C28H30FN3O4. The van der Waals surface area contributed by atoms with Crippen LogP contribution in [0.1, 0.15) is 30.0 Å². The number of carbonyl (C=O) groups is 1. The van der Waals surface area contributed by atoms with Crippen molar-refractivity contribution in [2.24, 2.45) is 4.99 Å². The topological polar surface area (TPSA) is 92.2 Å². The maximum atomic E-state index is 13.5. The Morgan fingerprint density at radius 1 is 1.06 bits per heavy atom. The molecule has 4 rings (SSSR count). The van der Waals surface area contributed by atoms with Crippen molar-refractivity contribution in [1.29, 1.82) is 0 Å². The molecule has 0 radical (unpaired) electrons. The number of benzene rings is 3. The van der Waals surface area contributed by atoms with Gasteiger partial charge in [-0.15, -0.1) is 0 Å². The van der Waals surface area contributed by atoms with Gasteiger partial charge in [-0.2, -0.15) is 0 Å². The highest BCUT2D eigenvalue weighted by molar-refractivity contribution is 6.00. The highest BCUT2D eigenvalue weighted by Gasteiger charge is 2.50. The molecule has 3 aromatic carbocycles. The van der Waals surface area contributed by atoms with Gasteiger partial charge in [0.05, 0.1) is 6.61 Å². The lowest BCUT2D eigenvalue weighted by Crippen LogP contribution is -2.55. The van der Waals surface area contributed by atoms with E-state index in [1.165, 1.54) is 12.1 Å². The van der Waals surface area contributed by atoms with Crippen LogP contribution in [0.25, 0.3) is 0 Å². The molecule has 0 fully saturated rings. The number of aliphatic hydroxyl groups excluding tert-OH is 1. The zero-order chi connectivity index (χ0) is 25.4. The lowest BCUT2D eigenvalue weighted by molar-refractivity contribution is -0.129. The number of carbonyl (C=O) groups excluding carboxylic acids is 1. The van der Waals surface area contributed by atoms with E-state index in [1.807, 2.05) is 61.5 Å². The van der Waals surface area contributed by atoms with E-state index in [0.29, 0.717) is 37.6 Å². The lowest BCUT2D eigenvalue weighted by Gasteiger charge is -2.28. The lowest BCUT2D eigenvalue weighted by atomic mass is 9.86. The Morgan fingerprint density at radius 3 is 2.47 bits per heavy atom. The molecule has 188 valence electrons. The Bertz CT molecular complexity index is 1170. The smallest absolute Gasteiger partial charge is 0.266 e. The molecule has 3 N–H and O–H groups in total. The van der Waals surface area contributed by atoms with E-state index in [-0.39, 0.29) is 18.3 Å².